The van der Waals surface area contributed by atoms with Crippen molar-refractivity contribution in [3.63, 3.8) is 0 Å². The van der Waals surface area contributed by atoms with Gasteiger partial charge in [0.2, 0.25) is 0 Å². The maximum absolute atomic E-state index is 9.31. The highest BCUT2D eigenvalue weighted by Gasteiger charge is 2.39. The van der Waals surface area contributed by atoms with Crippen molar-refractivity contribution >= 4 is 5.96 Å². The molecule has 1 aliphatic heterocycles. The zero-order valence-electron chi connectivity index (χ0n) is 9.64. The molecule has 0 fully saturated rings. The lowest BCUT2D eigenvalue weighted by Crippen LogP contribution is -2.46. The smallest absolute Gasteiger partial charge is 0.191 e. The molecule has 1 unspecified atom stereocenters. The van der Waals surface area contributed by atoms with Crippen LogP contribution in [-0.2, 0) is 5.54 Å². The van der Waals surface area contributed by atoms with Gasteiger partial charge in [-0.05, 0) is 24.1 Å². The van der Waals surface area contributed by atoms with Crippen molar-refractivity contribution in [1.29, 1.82) is 0 Å². The summed E-state index contributed by atoms with van der Waals surface area (Å²) in [5, 5.41) is 9.31. The molecular weight excluding hydrogens is 202 g/mol. The maximum Gasteiger partial charge on any atom is 0.191 e. The molecule has 1 heterocycles. The van der Waals surface area contributed by atoms with Crippen LogP contribution in [-0.4, -0.2) is 29.6 Å². The third kappa shape index (κ3) is 1.41. The molecule has 4 heteroatoms. The standard InChI is InChI=1S/C12H17N3O/c1-3-12(8-14-11(13)15(12)2)9-4-6-10(16)7-5-9/h4-7,16H,3,8H2,1-2H3,(H2,13,14). The van der Waals surface area contributed by atoms with Gasteiger partial charge >= 0.3 is 0 Å². The molecule has 0 spiro atoms. The topological polar surface area (TPSA) is 61.9 Å². The number of phenols is 1. The van der Waals surface area contributed by atoms with E-state index in [4.69, 9.17) is 5.73 Å². The normalized spacial score (nSPS) is 24.6. The molecule has 0 saturated carbocycles. The molecule has 1 aromatic rings. The Morgan fingerprint density at radius 3 is 2.50 bits per heavy atom. The molecule has 2 rings (SSSR count). The monoisotopic (exact) mass is 219 g/mol. The summed E-state index contributed by atoms with van der Waals surface area (Å²) < 4.78 is 0. The molecule has 4 nitrogen and oxygen atoms in total. The molecular formula is C12H17N3O. The van der Waals surface area contributed by atoms with E-state index in [0.29, 0.717) is 12.5 Å². The third-order valence-corrected chi connectivity index (χ3v) is 3.48. The van der Waals surface area contributed by atoms with Crippen LogP contribution in [0.15, 0.2) is 29.3 Å². The van der Waals surface area contributed by atoms with E-state index in [0.717, 1.165) is 12.0 Å². The van der Waals surface area contributed by atoms with Crippen molar-refractivity contribution in [2.75, 3.05) is 13.6 Å². The lowest BCUT2D eigenvalue weighted by Gasteiger charge is -2.36. The molecule has 0 radical (unpaired) electrons. The van der Waals surface area contributed by atoms with E-state index in [2.05, 4.69) is 11.9 Å². The van der Waals surface area contributed by atoms with Crippen LogP contribution in [0.2, 0.25) is 0 Å². The second kappa shape index (κ2) is 3.70. The van der Waals surface area contributed by atoms with Crippen LogP contribution in [0.5, 0.6) is 5.75 Å². The maximum atomic E-state index is 9.31. The molecule has 1 atom stereocenters. The lowest BCUT2D eigenvalue weighted by atomic mass is 9.86. The number of aliphatic imine (C=N–C) groups is 1. The summed E-state index contributed by atoms with van der Waals surface area (Å²) in [7, 11) is 1.96. The fraction of sp³-hybridized carbons (Fsp3) is 0.417. The molecule has 1 aromatic carbocycles. The van der Waals surface area contributed by atoms with Crippen LogP contribution in [0.1, 0.15) is 18.9 Å². The largest absolute Gasteiger partial charge is 0.508 e. The first-order chi connectivity index (χ1) is 7.60. The van der Waals surface area contributed by atoms with Gasteiger partial charge < -0.3 is 15.7 Å². The molecule has 16 heavy (non-hydrogen) atoms. The number of rotatable bonds is 2. The van der Waals surface area contributed by atoms with Gasteiger partial charge in [-0.1, -0.05) is 19.1 Å². The Kier molecular flexibility index (Phi) is 2.50. The molecule has 0 saturated heterocycles. The number of nitrogens with two attached hydrogens (primary N) is 1. The summed E-state index contributed by atoms with van der Waals surface area (Å²) >= 11 is 0. The Balaban J connectivity index is 2.40. The number of hydrogen-bond acceptors (Lipinski definition) is 4. The van der Waals surface area contributed by atoms with E-state index >= 15 is 0 Å². The van der Waals surface area contributed by atoms with Crippen LogP contribution in [0, 0.1) is 0 Å². The SMILES string of the molecule is CCC1(c2ccc(O)cc2)CN=C(N)N1C. The predicted octanol–water partition coefficient (Wildman–Crippen LogP) is 1.26. The first-order valence-corrected chi connectivity index (χ1v) is 5.43. The van der Waals surface area contributed by atoms with Crippen molar-refractivity contribution in [2.24, 2.45) is 10.7 Å². The number of aromatic hydroxyl groups is 1. The van der Waals surface area contributed by atoms with Gasteiger partial charge in [-0.25, -0.2) is 0 Å². The van der Waals surface area contributed by atoms with E-state index in [1.165, 1.54) is 0 Å². The molecule has 1 aliphatic rings. The first-order valence-electron chi connectivity index (χ1n) is 5.43. The second-order valence-electron chi connectivity index (χ2n) is 4.17. The Hall–Kier alpha value is -1.71. The minimum atomic E-state index is -0.155. The van der Waals surface area contributed by atoms with Gasteiger partial charge in [0.15, 0.2) is 5.96 Å². The van der Waals surface area contributed by atoms with Gasteiger partial charge in [-0.15, -0.1) is 0 Å². The number of likely N-dealkylation sites (N-methyl/N-ethyl adjacent to an activating group) is 1. The Morgan fingerprint density at radius 1 is 1.44 bits per heavy atom. The quantitative estimate of drug-likeness (QED) is 0.787. The number of nitrogens with zero attached hydrogens (tertiary/aromatic N) is 2. The van der Waals surface area contributed by atoms with Gasteiger partial charge in [0.1, 0.15) is 5.75 Å². The summed E-state index contributed by atoms with van der Waals surface area (Å²) in [6.07, 6.45) is 0.929. The zero-order valence-corrected chi connectivity index (χ0v) is 9.64. The molecule has 0 bridgehead atoms. The van der Waals surface area contributed by atoms with Crippen LogP contribution >= 0.6 is 0 Å². The Bertz CT molecular complexity index is 413. The molecule has 0 amide bonds. The molecule has 3 N–H and O–H groups in total. The van der Waals surface area contributed by atoms with E-state index in [1.54, 1.807) is 12.1 Å². The fourth-order valence-corrected chi connectivity index (χ4v) is 2.25. The van der Waals surface area contributed by atoms with E-state index < -0.39 is 0 Å². The van der Waals surface area contributed by atoms with Crippen LogP contribution in [0.4, 0.5) is 0 Å². The highest BCUT2D eigenvalue weighted by molar-refractivity contribution is 5.81. The van der Waals surface area contributed by atoms with E-state index in [-0.39, 0.29) is 11.3 Å². The van der Waals surface area contributed by atoms with Crippen LogP contribution in [0.3, 0.4) is 0 Å². The Labute approximate surface area is 95.4 Å². The number of phenolic OH excluding ortho intramolecular Hbond substituents is 1. The number of guanidine groups is 1. The van der Waals surface area contributed by atoms with Crippen LogP contribution < -0.4 is 5.73 Å². The summed E-state index contributed by atoms with van der Waals surface area (Å²) in [5.41, 5.74) is 6.81. The van der Waals surface area contributed by atoms with Gasteiger partial charge in [0.25, 0.3) is 0 Å². The van der Waals surface area contributed by atoms with E-state index in [9.17, 15) is 5.11 Å². The summed E-state index contributed by atoms with van der Waals surface area (Å²) in [6, 6.07) is 7.27. The minimum absolute atomic E-state index is 0.155. The van der Waals surface area contributed by atoms with Gasteiger partial charge in [0.05, 0.1) is 12.1 Å². The fourth-order valence-electron chi connectivity index (χ4n) is 2.25. The Morgan fingerprint density at radius 2 is 2.06 bits per heavy atom. The average molecular weight is 219 g/mol. The average Bonchev–Trinajstić information content (AvgIpc) is 2.59. The number of benzene rings is 1. The minimum Gasteiger partial charge on any atom is -0.508 e. The summed E-state index contributed by atoms with van der Waals surface area (Å²) in [4.78, 5) is 6.31. The van der Waals surface area contributed by atoms with Crippen molar-refractivity contribution in [3.8, 4) is 5.75 Å². The van der Waals surface area contributed by atoms with Crippen molar-refractivity contribution in [1.82, 2.24) is 4.90 Å². The molecule has 0 aliphatic carbocycles. The van der Waals surface area contributed by atoms with Crippen molar-refractivity contribution in [2.45, 2.75) is 18.9 Å². The van der Waals surface area contributed by atoms with Crippen LogP contribution in [0.25, 0.3) is 0 Å². The van der Waals surface area contributed by atoms with Crippen molar-refractivity contribution < 1.29 is 5.11 Å². The van der Waals surface area contributed by atoms with Gasteiger partial charge in [-0.2, -0.15) is 0 Å². The van der Waals surface area contributed by atoms with E-state index in [1.807, 2.05) is 24.1 Å². The zero-order chi connectivity index (χ0) is 11.8. The van der Waals surface area contributed by atoms with Gasteiger partial charge in [0, 0.05) is 7.05 Å². The third-order valence-electron chi connectivity index (χ3n) is 3.48. The molecule has 86 valence electrons. The molecule has 0 aromatic heterocycles. The van der Waals surface area contributed by atoms with Gasteiger partial charge in [-0.3, -0.25) is 4.99 Å². The number of hydrogen-bond donors (Lipinski definition) is 2. The highest BCUT2D eigenvalue weighted by Crippen LogP contribution is 2.35. The second-order valence-corrected chi connectivity index (χ2v) is 4.17. The summed E-state index contributed by atoms with van der Waals surface area (Å²) in [5.74, 6) is 0.861. The lowest BCUT2D eigenvalue weighted by molar-refractivity contribution is 0.230. The highest BCUT2D eigenvalue weighted by atomic mass is 16.3. The predicted molar refractivity (Wildman–Crippen MR) is 64.3 cm³/mol. The first kappa shape index (κ1) is 10.8. The van der Waals surface area contributed by atoms with Crippen molar-refractivity contribution in [3.05, 3.63) is 29.8 Å². The summed E-state index contributed by atoms with van der Waals surface area (Å²) in [6.45, 7) is 2.80.